The van der Waals surface area contributed by atoms with E-state index in [-0.39, 0.29) is 23.8 Å². The van der Waals surface area contributed by atoms with Gasteiger partial charge in [-0.2, -0.15) is 0 Å². The number of carbonyl (C=O) groups is 2. The summed E-state index contributed by atoms with van der Waals surface area (Å²) in [6.07, 6.45) is 2.46. The van der Waals surface area contributed by atoms with E-state index in [1.807, 2.05) is 30.3 Å². The van der Waals surface area contributed by atoms with Crippen molar-refractivity contribution in [2.24, 2.45) is 11.7 Å². The summed E-state index contributed by atoms with van der Waals surface area (Å²) in [6.45, 7) is 2.15. The Balaban J connectivity index is 1.72. The molecule has 1 saturated carbocycles. The van der Waals surface area contributed by atoms with Crippen molar-refractivity contribution in [2.75, 3.05) is 6.54 Å². The number of rotatable bonds is 7. The first kappa shape index (κ1) is 15.5. The van der Waals surface area contributed by atoms with Crippen LogP contribution in [0.5, 0.6) is 0 Å². The second-order valence-corrected chi connectivity index (χ2v) is 5.61. The Morgan fingerprint density at radius 2 is 1.95 bits per heavy atom. The standard InChI is InChI=1S/C16H23N3O2/c1-11(15(17)12-5-3-2-4-6-12)16(21)18-10-9-14(20)19-13-7-8-13/h2-6,11,13,15H,7-10,17H2,1H3,(H,18,21)(H,19,20). The summed E-state index contributed by atoms with van der Waals surface area (Å²) in [6, 6.07) is 9.57. The fraction of sp³-hybridized carbons (Fsp3) is 0.500. The molecular weight excluding hydrogens is 266 g/mol. The van der Waals surface area contributed by atoms with Crippen LogP contribution in [-0.4, -0.2) is 24.4 Å². The van der Waals surface area contributed by atoms with Gasteiger partial charge in [-0.05, 0) is 18.4 Å². The third kappa shape index (κ3) is 4.86. The van der Waals surface area contributed by atoms with E-state index in [1.165, 1.54) is 0 Å². The first-order valence-corrected chi connectivity index (χ1v) is 7.45. The normalized spacial score (nSPS) is 16.9. The Morgan fingerprint density at radius 1 is 1.29 bits per heavy atom. The number of nitrogens with one attached hydrogen (secondary N) is 2. The average Bonchev–Trinajstić information content (AvgIpc) is 3.30. The predicted octanol–water partition coefficient (Wildman–Crippen LogP) is 1.11. The van der Waals surface area contributed by atoms with Crippen LogP contribution in [0.2, 0.25) is 0 Å². The van der Waals surface area contributed by atoms with Gasteiger partial charge in [0.1, 0.15) is 0 Å². The third-order valence-electron chi connectivity index (χ3n) is 3.73. The topological polar surface area (TPSA) is 84.2 Å². The number of hydrogen-bond acceptors (Lipinski definition) is 3. The second-order valence-electron chi connectivity index (χ2n) is 5.61. The third-order valence-corrected chi connectivity index (χ3v) is 3.73. The summed E-state index contributed by atoms with van der Waals surface area (Å²) in [5.41, 5.74) is 7.04. The van der Waals surface area contributed by atoms with E-state index in [2.05, 4.69) is 10.6 Å². The van der Waals surface area contributed by atoms with Gasteiger partial charge in [-0.1, -0.05) is 37.3 Å². The molecule has 2 amide bonds. The van der Waals surface area contributed by atoms with Crippen molar-refractivity contribution in [3.05, 3.63) is 35.9 Å². The lowest BCUT2D eigenvalue weighted by atomic mass is 9.95. The lowest BCUT2D eigenvalue weighted by Crippen LogP contribution is -2.37. The van der Waals surface area contributed by atoms with Gasteiger partial charge in [0, 0.05) is 25.0 Å². The largest absolute Gasteiger partial charge is 0.355 e. The minimum absolute atomic E-state index is 0.00203. The van der Waals surface area contributed by atoms with Crippen molar-refractivity contribution < 1.29 is 9.59 Å². The van der Waals surface area contributed by atoms with E-state index in [4.69, 9.17) is 5.73 Å². The summed E-state index contributed by atoms with van der Waals surface area (Å²) < 4.78 is 0. The molecule has 1 fully saturated rings. The first-order valence-electron chi connectivity index (χ1n) is 7.45. The Labute approximate surface area is 125 Å². The Kier molecular flexibility index (Phi) is 5.33. The fourth-order valence-electron chi connectivity index (χ4n) is 2.11. The molecule has 5 nitrogen and oxygen atoms in total. The molecule has 114 valence electrons. The first-order chi connectivity index (χ1) is 10.1. The van der Waals surface area contributed by atoms with Crippen molar-refractivity contribution in [1.29, 1.82) is 0 Å². The molecule has 1 aromatic carbocycles. The molecule has 5 heteroatoms. The van der Waals surface area contributed by atoms with E-state index in [9.17, 15) is 9.59 Å². The monoisotopic (exact) mass is 289 g/mol. The molecular formula is C16H23N3O2. The van der Waals surface area contributed by atoms with Gasteiger partial charge in [-0.15, -0.1) is 0 Å². The molecule has 0 bridgehead atoms. The van der Waals surface area contributed by atoms with Crippen LogP contribution in [0.4, 0.5) is 0 Å². The summed E-state index contributed by atoms with van der Waals surface area (Å²) in [4.78, 5) is 23.6. The lowest BCUT2D eigenvalue weighted by molar-refractivity contribution is -0.125. The van der Waals surface area contributed by atoms with Gasteiger partial charge in [-0.25, -0.2) is 0 Å². The lowest BCUT2D eigenvalue weighted by Gasteiger charge is -2.19. The zero-order valence-electron chi connectivity index (χ0n) is 12.3. The molecule has 1 aliphatic carbocycles. The molecule has 2 unspecified atom stereocenters. The molecule has 4 N–H and O–H groups in total. The number of benzene rings is 1. The minimum atomic E-state index is -0.341. The van der Waals surface area contributed by atoms with E-state index < -0.39 is 0 Å². The molecule has 2 rings (SSSR count). The van der Waals surface area contributed by atoms with Gasteiger partial charge in [0.15, 0.2) is 0 Å². The molecule has 1 aromatic rings. The zero-order valence-corrected chi connectivity index (χ0v) is 12.3. The predicted molar refractivity (Wildman–Crippen MR) is 81.3 cm³/mol. The summed E-state index contributed by atoms with van der Waals surface area (Å²) in [7, 11) is 0. The van der Waals surface area contributed by atoms with Crippen LogP contribution in [0.25, 0.3) is 0 Å². The molecule has 2 atom stereocenters. The van der Waals surface area contributed by atoms with Gasteiger partial charge in [-0.3, -0.25) is 9.59 Å². The van der Waals surface area contributed by atoms with Crippen LogP contribution in [0.3, 0.4) is 0 Å². The second kappa shape index (κ2) is 7.22. The van der Waals surface area contributed by atoms with Crippen molar-refractivity contribution >= 4 is 11.8 Å². The summed E-state index contributed by atoms with van der Waals surface area (Å²) >= 11 is 0. The Hall–Kier alpha value is -1.88. The van der Waals surface area contributed by atoms with Crippen LogP contribution in [0.15, 0.2) is 30.3 Å². The van der Waals surface area contributed by atoms with Crippen molar-refractivity contribution in [3.63, 3.8) is 0 Å². The SMILES string of the molecule is CC(C(=O)NCCC(=O)NC1CC1)C(N)c1ccccc1. The van der Waals surface area contributed by atoms with Crippen LogP contribution < -0.4 is 16.4 Å². The zero-order chi connectivity index (χ0) is 15.2. The number of nitrogens with two attached hydrogens (primary N) is 1. The van der Waals surface area contributed by atoms with Crippen LogP contribution >= 0.6 is 0 Å². The van der Waals surface area contributed by atoms with Gasteiger partial charge >= 0.3 is 0 Å². The number of amides is 2. The van der Waals surface area contributed by atoms with Gasteiger partial charge in [0.05, 0.1) is 5.92 Å². The molecule has 0 radical (unpaired) electrons. The highest BCUT2D eigenvalue weighted by Gasteiger charge is 2.24. The molecule has 0 heterocycles. The maximum atomic E-state index is 12.1. The van der Waals surface area contributed by atoms with Crippen molar-refractivity contribution in [1.82, 2.24) is 10.6 Å². The Morgan fingerprint density at radius 3 is 2.57 bits per heavy atom. The minimum Gasteiger partial charge on any atom is -0.355 e. The van der Waals surface area contributed by atoms with E-state index in [0.29, 0.717) is 19.0 Å². The molecule has 0 aromatic heterocycles. The van der Waals surface area contributed by atoms with Crippen LogP contribution in [0.1, 0.15) is 37.8 Å². The Bertz CT molecular complexity index is 486. The van der Waals surface area contributed by atoms with E-state index in [1.54, 1.807) is 6.92 Å². The maximum Gasteiger partial charge on any atom is 0.224 e. The summed E-state index contributed by atoms with van der Waals surface area (Å²) in [5.74, 6) is -0.456. The highest BCUT2D eigenvalue weighted by atomic mass is 16.2. The molecule has 0 aliphatic heterocycles. The maximum absolute atomic E-state index is 12.1. The number of hydrogen-bond donors (Lipinski definition) is 3. The van der Waals surface area contributed by atoms with Gasteiger partial charge in [0.25, 0.3) is 0 Å². The molecule has 1 aliphatic rings. The van der Waals surface area contributed by atoms with Gasteiger partial charge < -0.3 is 16.4 Å². The molecule has 21 heavy (non-hydrogen) atoms. The van der Waals surface area contributed by atoms with Gasteiger partial charge in [0.2, 0.25) is 11.8 Å². The summed E-state index contributed by atoms with van der Waals surface area (Å²) in [5, 5.41) is 5.67. The van der Waals surface area contributed by atoms with E-state index >= 15 is 0 Å². The highest BCUT2D eigenvalue weighted by Crippen LogP contribution is 2.19. The van der Waals surface area contributed by atoms with Crippen LogP contribution in [-0.2, 0) is 9.59 Å². The van der Waals surface area contributed by atoms with Crippen molar-refractivity contribution in [3.8, 4) is 0 Å². The highest BCUT2D eigenvalue weighted by molar-refractivity contribution is 5.81. The fourth-order valence-corrected chi connectivity index (χ4v) is 2.11. The smallest absolute Gasteiger partial charge is 0.224 e. The quantitative estimate of drug-likeness (QED) is 0.703. The van der Waals surface area contributed by atoms with E-state index in [0.717, 1.165) is 18.4 Å². The van der Waals surface area contributed by atoms with Crippen molar-refractivity contribution in [2.45, 2.75) is 38.3 Å². The van der Waals surface area contributed by atoms with Crippen LogP contribution in [0, 0.1) is 5.92 Å². The molecule has 0 saturated heterocycles. The average molecular weight is 289 g/mol. The number of carbonyl (C=O) groups excluding carboxylic acids is 2. The molecule has 0 spiro atoms.